The number of carbonyl (C=O) groups excluding carboxylic acids is 2. The number of carboxylic acids is 1. The molecule has 1 aromatic rings. The predicted octanol–water partition coefficient (Wildman–Crippen LogP) is 7.53. The Hall–Kier alpha value is -2.67. The van der Waals surface area contributed by atoms with Crippen LogP contribution in [0.5, 0.6) is 0 Å². The van der Waals surface area contributed by atoms with Gasteiger partial charge in [-0.1, -0.05) is 50.6 Å². The molecule has 2 amide bonds. The van der Waals surface area contributed by atoms with Crippen molar-refractivity contribution in [3.05, 3.63) is 34.4 Å². The molecule has 8 nitrogen and oxygen atoms in total. The van der Waals surface area contributed by atoms with E-state index in [0.29, 0.717) is 31.0 Å². The molecule has 47 heavy (non-hydrogen) atoms. The van der Waals surface area contributed by atoms with E-state index in [4.69, 9.17) is 26.2 Å². The van der Waals surface area contributed by atoms with Crippen LogP contribution in [0.4, 0.5) is 26.7 Å². The number of carbonyl (C=O) groups is 3. The summed E-state index contributed by atoms with van der Waals surface area (Å²) in [5.41, 5.74) is -0.954. The Morgan fingerprint density at radius 2 is 1.64 bits per heavy atom. The maximum Gasteiger partial charge on any atom is 0.490 e. The maximum absolute atomic E-state index is 14.4. The Balaban J connectivity index is 0.000000644. The van der Waals surface area contributed by atoms with Gasteiger partial charge >= 0.3 is 18.2 Å². The molecule has 0 radical (unpaired) electrons. The van der Waals surface area contributed by atoms with E-state index >= 15 is 0 Å². The highest BCUT2D eigenvalue weighted by molar-refractivity contribution is 6.31. The van der Waals surface area contributed by atoms with E-state index in [9.17, 15) is 31.5 Å². The lowest BCUT2D eigenvalue weighted by Gasteiger charge is -2.52. The van der Waals surface area contributed by atoms with Crippen molar-refractivity contribution < 1.29 is 46.2 Å². The van der Waals surface area contributed by atoms with Gasteiger partial charge in [0.1, 0.15) is 17.0 Å². The number of carboxylic acid groups (broad SMARTS) is 1. The highest BCUT2D eigenvalue weighted by Gasteiger charge is 2.50. The van der Waals surface area contributed by atoms with E-state index in [1.54, 1.807) is 0 Å². The second kappa shape index (κ2) is 16.2. The summed E-state index contributed by atoms with van der Waals surface area (Å²) in [5.74, 6) is -4.31. The first kappa shape index (κ1) is 37.2. The number of rotatable bonds is 7. The molecule has 3 heterocycles. The van der Waals surface area contributed by atoms with Crippen LogP contribution in [0.1, 0.15) is 94.3 Å². The topological polar surface area (TPSA) is 90.4 Å². The fraction of sp³-hybridized carbons (Fsp3) is 0.727. The lowest BCUT2D eigenvalue weighted by atomic mass is 9.75. The molecule has 1 N–H and O–H groups in total. The molecule has 4 fully saturated rings. The number of likely N-dealkylation sites (tertiary alicyclic amines) is 2. The second-order valence-corrected chi connectivity index (χ2v) is 13.7. The van der Waals surface area contributed by atoms with Crippen LogP contribution in [-0.4, -0.2) is 94.9 Å². The van der Waals surface area contributed by atoms with Gasteiger partial charge < -0.3 is 19.6 Å². The summed E-state index contributed by atoms with van der Waals surface area (Å²) in [6.07, 6.45) is 7.62. The molecular formula is C33H45ClF5N3O5. The Labute approximate surface area is 277 Å². The Morgan fingerprint density at radius 3 is 2.21 bits per heavy atom. The van der Waals surface area contributed by atoms with E-state index in [2.05, 4.69) is 11.8 Å². The summed E-state index contributed by atoms with van der Waals surface area (Å²) in [6.45, 7) is 6.47. The van der Waals surface area contributed by atoms with Gasteiger partial charge in [-0.05, 0) is 50.2 Å². The Bertz CT molecular complexity index is 1250. The van der Waals surface area contributed by atoms with E-state index < -0.39 is 35.3 Å². The number of hydrogen-bond acceptors (Lipinski definition) is 5. The van der Waals surface area contributed by atoms with E-state index in [0.717, 1.165) is 83.3 Å². The summed E-state index contributed by atoms with van der Waals surface area (Å²) < 4.78 is 66.8. The molecule has 1 aliphatic carbocycles. The fourth-order valence-corrected chi connectivity index (χ4v) is 7.71. The van der Waals surface area contributed by atoms with Crippen LogP contribution in [-0.2, 0) is 9.53 Å². The van der Waals surface area contributed by atoms with Crippen molar-refractivity contribution in [3.8, 4) is 0 Å². The van der Waals surface area contributed by atoms with Gasteiger partial charge in [0, 0.05) is 64.1 Å². The largest absolute Gasteiger partial charge is 0.490 e. The number of aliphatic carboxylic acids is 1. The lowest BCUT2D eigenvalue weighted by molar-refractivity contribution is -0.192. The van der Waals surface area contributed by atoms with Crippen molar-refractivity contribution in [1.29, 1.82) is 0 Å². The van der Waals surface area contributed by atoms with Gasteiger partial charge in [-0.15, -0.1) is 0 Å². The summed E-state index contributed by atoms with van der Waals surface area (Å²) >= 11 is 5.80. The standard InChI is InChI=1S/C31H44ClF2N3O3.C2HF3O2/c1-2-3-9-23-21-37(20-22-7-5-4-6-8-22)30(39)40-31(23)14-18-35(19-15-31)24-12-16-36(17-13-24)29(38)27-26(33)11-10-25(32)28(27)34;3-2(4,5)1(6)7/h10-11,22-24H,2-9,12-21H2,1H3;(H,6,7). The van der Waals surface area contributed by atoms with Crippen LogP contribution in [0.25, 0.3) is 0 Å². The number of ether oxygens (including phenoxy) is 1. The van der Waals surface area contributed by atoms with Gasteiger partial charge in [0.05, 0.1) is 5.02 Å². The van der Waals surface area contributed by atoms with Crippen LogP contribution in [0.3, 0.4) is 0 Å². The molecule has 1 atom stereocenters. The van der Waals surface area contributed by atoms with Crippen molar-refractivity contribution >= 4 is 29.6 Å². The van der Waals surface area contributed by atoms with E-state index in [1.165, 1.54) is 37.0 Å². The van der Waals surface area contributed by atoms with Crippen molar-refractivity contribution in [3.63, 3.8) is 0 Å². The van der Waals surface area contributed by atoms with Crippen LogP contribution in [0, 0.1) is 23.5 Å². The molecule has 1 saturated carbocycles. The number of hydrogen-bond donors (Lipinski definition) is 1. The smallest absolute Gasteiger partial charge is 0.475 e. The van der Waals surface area contributed by atoms with Crippen molar-refractivity contribution in [2.75, 3.05) is 39.3 Å². The number of nitrogens with zero attached hydrogens (tertiary/aromatic N) is 3. The average Bonchev–Trinajstić information content (AvgIpc) is 3.04. The molecule has 0 bridgehead atoms. The average molecular weight is 694 g/mol. The van der Waals surface area contributed by atoms with Crippen molar-refractivity contribution in [1.82, 2.24) is 14.7 Å². The minimum atomic E-state index is -5.08. The molecule has 1 unspecified atom stereocenters. The van der Waals surface area contributed by atoms with Gasteiger partial charge in [-0.2, -0.15) is 13.2 Å². The molecule has 0 aromatic heterocycles. The van der Waals surface area contributed by atoms with Gasteiger partial charge in [-0.3, -0.25) is 9.69 Å². The quantitative estimate of drug-likeness (QED) is 0.235. The number of alkyl halides is 3. The fourth-order valence-electron chi connectivity index (χ4n) is 7.56. The summed E-state index contributed by atoms with van der Waals surface area (Å²) in [7, 11) is 0. The van der Waals surface area contributed by atoms with Crippen LogP contribution >= 0.6 is 11.6 Å². The van der Waals surface area contributed by atoms with E-state index in [1.807, 2.05) is 4.90 Å². The van der Waals surface area contributed by atoms with Crippen molar-refractivity contribution in [2.24, 2.45) is 11.8 Å². The first-order chi connectivity index (χ1) is 22.3. The molecule has 3 saturated heterocycles. The molecule has 5 rings (SSSR count). The van der Waals surface area contributed by atoms with E-state index in [-0.39, 0.29) is 16.7 Å². The van der Waals surface area contributed by atoms with Gasteiger partial charge in [0.2, 0.25) is 0 Å². The third-order valence-corrected chi connectivity index (χ3v) is 10.5. The van der Waals surface area contributed by atoms with Gasteiger partial charge in [0.25, 0.3) is 5.91 Å². The first-order valence-corrected chi connectivity index (χ1v) is 17.1. The third kappa shape index (κ3) is 9.28. The third-order valence-electron chi connectivity index (χ3n) is 10.3. The zero-order valence-corrected chi connectivity index (χ0v) is 27.6. The highest BCUT2D eigenvalue weighted by atomic mass is 35.5. The second-order valence-electron chi connectivity index (χ2n) is 13.3. The van der Waals surface area contributed by atoms with Crippen LogP contribution in [0.15, 0.2) is 12.1 Å². The molecule has 264 valence electrons. The van der Waals surface area contributed by atoms with Crippen molar-refractivity contribution in [2.45, 2.75) is 102 Å². The van der Waals surface area contributed by atoms with Crippen LogP contribution < -0.4 is 0 Å². The Morgan fingerprint density at radius 1 is 1.02 bits per heavy atom. The molecule has 3 aliphatic heterocycles. The summed E-state index contributed by atoms with van der Waals surface area (Å²) in [5, 5.41) is 6.87. The highest BCUT2D eigenvalue weighted by Crippen LogP contribution is 2.42. The Kier molecular flexibility index (Phi) is 12.8. The molecular weight excluding hydrogens is 649 g/mol. The summed E-state index contributed by atoms with van der Waals surface area (Å²) in [6, 6.07) is 2.46. The number of unbranched alkanes of at least 4 members (excludes halogenated alkanes) is 1. The number of piperidine rings is 2. The maximum atomic E-state index is 14.4. The zero-order valence-electron chi connectivity index (χ0n) is 26.8. The SMILES string of the molecule is CCCCC1CN(CC2CCCCC2)C(=O)OC12CCN(C1CCN(C(=O)c3c(F)ccc(Cl)c3F)CC1)CC2.O=C(O)C(F)(F)F. The zero-order chi connectivity index (χ0) is 34.4. The minimum absolute atomic E-state index is 0.126. The predicted molar refractivity (Wildman–Crippen MR) is 165 cm³/mol. The van der Waals surface area contributed by atoms with Gasteiger partial charge in [0.15, 0.2) is 5.82 Å². The normalized spacial score (nSPS) is 22.9. The van der Waals surface area contributed by atoms with Gasteiger partial charge in [-0.25, -0.2) is 18.4 Å². The number of halogens is 6. The molecule has 1 aromatic carbocycles. The van der Waals surface area contributed by atoms with Crippen LogP contribution in [0.2, 0.25) is 5.02 Å². The minimum Gasteiger partial charge on any atom is -0.475 e. The molecule has 14 heteroatoms. The lowest BCUT2D eigenvalue weighted by Crippen LogP contribution is -2.61. The first-order valence-electron chi connectivity index (χ1n) is 16.7. The molecule has 4 aliphatic rings. The monoisotopic (exact) mass is 693 g/mol. The molecule has 1 spiro atoms. The number of benzene rings is 1. The number of amides is 2. The summed E-state index contributed by atoms with van der Waals surface area (Å²) in [4.78, 5) is 41.0.